The third-order valence-corrected chi connectivity index (χ3v) is 3.78. The molecule has 124 valence electrons. The van der Waals surface area contributed by atoms with Crippen molar-refractivity contribution in [2.45, 2.75) is 44.6 Å². The van der Waals surface area contributed by atoms with Gasteiger partial charge in [-0.1, -0.05) is 31.2 Å². The maximum Gasteiger partial charge on any atom is 0.454 e. The van der Waals surface area contributed by atoms with Crippen LogP contribution in [0.3, 0.4) is 0 Å². The molecule has 0 spiro atoms. The molecule has 0 aromatic heterocycles. The van der Waals surface area contributed by atoms with Crippen molar-refractivity contribution in [3.05, 3.63) is 35.4 Å². The maximum atomic E-state index is 12.7. The van der Waals surface area contributed by atoms with E-state index in [0.717, 1.165) is 0 Å². The maximum absolute atomic E-state index is 12.7. The van der Waals surface area contributed by atoms with Gasteiger partial charge in [0.1, 0.15) is 0 Å². The van der Waals surface area contributed by atoms with E-state index in [-0.39, 0.29) is 23.7 Å². The van der Waals surface area contributed by atoms with Crippen LogP contribution in [0, 0.1) is 0 Å². The second-order valence-electron chi connectivity index (χ2n) is 5.26. The van der Waals surface area contributed by atoms with Gasteiger partial charge in [0.15, 0.2) is 0 Å². The number of ether oxygens (including phenoxy) is 2. The van der Waals surface area contributed by atoms with Gasteiger partial charge in [0.05, 0.1) is 12.2 Å². The summed E-state index contributed by atoms with van der Waals surface area (Å²) in [5.41, 5.74) is 0.00889. The van der Waals surface area contributed by atoms with Crippen LogP contribution in [-0.4, -0.2) is 38.4 Å². The average Bonchev–Trinajstić information content (AvgIpc) is 2.49. The lowest BCUT2D eigenvalue weighted by atomic mass is 9.87. The van der Waals surface area contributed by atoms with E-state index in [1.165, 1.54) is 25.3 Å². The van der Waals surface area contributed by atoms with E-state index in [1.54, 1.807) is 20.1 Å². The summed E-state index contributed by atoms with van der Waals surface area (Å²) in [5, 5.41) is 0. The van der Waals surface area contributed by atoms with Crippen molar-refractivity contribution < 1.29 is 27.4 Å². The highest BCUT2D eigenvalue weighted by atomic mass is 19.4. The van der Waals surface area contributed by atoms with Crippen molar-refractivity contribution in [1.29, 1.82) is 0 Å². The van der Waals surface area contributed by atoms with Gasteiger partial charge in [-0.2, -0.15) is 13.2 Å². The molecule has 1 rings (SSSR count). The molecule has 3 unspecified atom stereocenters. The highest BCUT2D eigenvalue weighted by molar-refractivity contribution is 6.01. The fourth-order valence-corrected chi connectivity index (χ4v) is 2.38. The minimum Gasteiger partial charge on any atom is -0.382 e. The zero-order valence-corrected chi connectivity index (χ0v) is 13.1. The van der Waals surface area contributed by atoms with E-state index in [9.17, 15) is 18.0 Å². The molecule has 3 nitrogen and oxygen atoms in total. The van der Waals surface area contributed by atoms with E-state index in [4.69, 9.17) is 9.47 Å². The van der Waals surface area contributed by atoms with Crippen LogP contribution in [0.1, 0.15) is 42.1 Å². The van der Waals surface area contributed by atoms with Gasteiger partial charge < -0.3 is 9.47 Å². The summed E-state index contributed by atoms with van der Waals surface area (Å²) in [4.78, 5) is 11.6. The topological polar surface area (TPSA) is 35.5 Å². The number of alkyl halides is 3. The van der Waals surface area contributed by atoms with Gasteiger partial charge in [0.25, 0.3) is 5.78 Å². The summed E-state index contributed by atoms with van der Waals surface area (Å²) in [5.74, 6) is -2.20. The Morgan fingerprint density at radius 2 is 1.73 bits per heavy atom. The Hall–Kier alpha value is -1.40. The van der Waals surface area contributed by atoms with Gasteiger partial charge in [-0.05, 0) is 12.5 Å². The molecule has 22 heavy (non-hydrogen) atoms. The van der Waals surface area contributed by atoms with E-state index in [0.29, 0.717) is 12.0 Å². The molecule has 0 saturated carbocycles. The number of rotatable bonds is 7. The Bertz CT molecular complexity index is 500. The van der Waals surface area contributed by atoms with E-state index in [1.807, 2.05) is 6.92 Å². The van der Waals surface area contributed by atoms with Crippen LogP contribution in [0.5, 0.6) is 0 Å². The first kappa shape index (κ1) is 18.6. The SMILES string of the molecule is COC(C)CC(OC)C(C)c1ccccc1C(=O)C(F)(F)F. The fourth-order valence-electron chi connectivity index (χ4n) is 2.38. The molecule has 0 aliphatic heterocycles. The predicted octanol–water partition coefficient (Wildman–Crippen LogP) is 3.98. The van der Waals surface area contributed by atoms with Crippen molar-refractivity contribution in [3.8, 4) is 0 Å². The average molecular weight is 318 g/mol. The first-order valence-corrected chi connectivity index (χ1v) is 6.98. The summed E-state index contributed by atoms with van der Waals surface area (Å²) in [7, 11) is 3.06. The Morgan fingerprint density at radius 3 is 2.23 bits per heavy atom. The fraction of sp³-hybridized carbons (Fsp3) is 0.562. The van der Waals surface area contributed by atoms with Crippen LogP contribution in [-0.2, 0) is 9.47 Å². The third kappa shape index (κ3) is 4.55. The zero-order chi connectivity index (χ0) is 16.9. The molecule has 0 fully saturated rings. The molecule has 6 heteroatoms. The first-order valence-electron chi connectivity index (χ1n) is 6.98. The molecule has 1 aromatic rings. The molecule has 0 aliphatic rings. The monoisotopic (exact) mass is 318 g/mol. The summed E-state index contributed by atoms with van der Waals surface area (Å²) in [6, 6.07) is 5.78. The number of hydrogen-bond acceptors (Lipinski definition) is 3. The summed E-state index contributed by atoms with van der Waals surface area (Å²) < 4.78 is 48.7. The van der Waals surface area contributed by atoms with Crippen molar-refractivity contribution in [1.82, 2.24) is 0 Å². The van der Waals surface area contributed by atoms with Crippen LogP contribution in [0.4, 0.5) is 13.2 Å². The van der Waals surface area contributed by atoms with Gasteiger partial charge in [-0.25, -0.2) is 0 Å². The first-order chi connectivity index (χ1) is 10.2. The largest absolute Gasteiger partial charge is 0.454 e. The van der Waals surface area contributed by atoms with Crippen molar-refractivity contribution in [2.24, 2.45) is 0 Å². The Kier molecular flexibility index (Phi) is 6.56. The van der Waals surface area contributed by atoms with E-state index in [2.05, 4.69) is 0 Å². The van der Waals surface area contributed by atoms with Gasteiger partial charge in [-0.3, -0.25) is 4.79 Å². The molecule has 1 aromatic carbocycles. The highest BCUT2D eigenvalue weighted by Crippen LogP contribution is 2.31. The number of benzene rings is 1. The standard InChI is InChI=1S/C16H21F3O3/c1-10(21-3)9-14(22-4)11(2)12-7-5-6-8-13(12)15(20)16(17,18)19/h5-8,10-11,14H,9H2,1-4H3. The van der Waals surface area contributed by atoms with Gasteiger partial charge in [-0.15, -0.1) is 0 Å². The summed E-state index contributed by atoms with van der Waals surface area (Å²) >= 11 is 0. The molecule has 0 radical (unpaired) electrons. The quantitative estimate of drug-likeness (QED) is 0.714. The molecule has 0 heterocycles. The number of methoxy groups -OCH3 is 2. The minimum absolute atomic E-state index is 0.0992. The lowest BCUT2D eigenvalue weighted by Gasteiger charge is -2.26. The molecule has 0 N–H and O–H groups in total. The molecule has 0 aliphatic carbocycles. The van der Waals surface area contributed by atoms with Crippen LogP contribution < -0.4 is 0 Å². The minimum atomic E-state index is -4.89. The van der Waals surface area contributed by atoms with E-state index >= 15 is 0 Å². The van der Waals surface area contributed by atoms with Crippen LogP contribution >= 0.6 is 0 Å². The zero-order valence-electron chi connectivity index (χ0n) is 13.1. The number of ketones is 1. The Morgan fingerprint density at radius 1 is 1.14 bits per heavy atom. The highest BCUT2D eigenvalue weighted by Gasteiger charge is 2.41. The van der Waals surface area contributed by atoms with Gasteiger partial charge >= 0.3 is 6.18 Å². The lowest BCUT2D eigenvalue weighted by Crippen LogP contribution is -2.28. The number of carbonyl (C=O) groups is 1. The van der Waals surface area contributed by atoms with Crippen LogP contribution in [0.15, 0.2) is 24.3 Å². The number of hydrogen-bond donors (Lipinski definition) is 0. The summed E-state index contributed by atoms with van der Waals surface area (Å²) in [6.07, 6.45) is -4.82. The lowest BCUT2D eigenvalue weighted by molar-refractivity contribution is -0.0886. The molecular formula is C16H21F3O3. The van der Waals surface area contributed by atoms with Crippen molar-refractivity contribution in [3.63, 3.8) is 0 Å². The second-order valence-corrected chi connectivity index (χ2v) is 5.26. The number of carbonyl (C=O) groups excluding carboxylic acids is 1. The molecule has 0 amide bonds. The Balaban J connectivity index is 3.12. The third-order valence-electron chi connectivity index (χ3n) is 3.78. The van der Waals surface area contributed by atoms with Gasteiger partial charge in [0.2, 0.25) is 0 Å². The van der Waals surface area contributed by atoms with Gasteiger partial charge in [0, 0.05) is 32.1 Å². The molecular weight excluding hydrogens is 297 g/mol. The van der Waals surface area contributed by atoms with Crippen LogP contribution in [0.25, 0.3) is 0 Å². The normalized spacial score (nSPS) is 16.1. The molecule has 0 bridgehead atoms. The van der Waals surface area contributed by atoms with Crippen LogP contribution in [0.2, 0.25) is 0 Å². The van der Waals surface area contributed by atoms with Crippen molar-refractivity contribution in [2.75, 3.05) is 14.2 Å². The van der Waals surface area contributed by atoms with E-state index < -0.39 is 12.0 Å². The number of halogens is 3. The second kappa shape index (κ2) is 7.74. The van der Waals surface area contributed by atoms with Crippen molar-refractivity contribution >= 4 is 5.78 Å². The smallest absolute Gasteiger partial charge is 0.382 e. The molecule has 0 saturated heterocycles. The molecule has 3 atom stereocenters. The number of Topliss-reactive ketones (excluding diaryl/α,β-unsaturated/α-hetero) is 1. The Labute approximate surface area is 128 Å². The summed E-state index contributed by atoms with van der Waals surface area (Å²) in [6.45, 7) is 3.60. The predicted molar refractivity (Wildman–Crippen MR) is 77.1 cm³/mol.